The van der Waals surface area contributed by atoms with Crippen LogP contribution in [-0.2, 0) is 4.74 Å². The van der Waals surface area contributed by atoms with Gasteiger partial charge >= 0.3 is 6.03 Å². The van der Waals surface area contributed by atoms with Crippen LogP contribution < -0.4 is 5.32 Å². The van der Waals surface area contributed by atoms with Crippen LogP contribution >= 0.6 is 0 Å². The number of nitrogens with one attached hydrogen (secondary N) is 1. The van der Waals surface area contributed by atoms with Gasteiger partial charge in [0.25, 0.3) is 0 Å². The molecule has 0 bridgehead atoms. The third kappa shape index (κ3) is 3.39. The van der Waals surface area contributed by atoms with Gasteiger partial charge in [-0.3, -0.25) is 0 Å². The van der Waals surface area contributed by atoms with E-state index < -0.39 is 0 Å². The third-order valence-electron chi connectivity index (χ3n) is 4.77. The van der Waals surface area contributed by atoms with E-state index in [1.54, 1.807) is 7.11 Å². The largest absolute Gasteiger partial charge is 0.393 e. The van der Waals surface area contributed by atoms with Gasteiger partial charge in [0.2, 0.25) is 0 Å². The minimum Gasteiger partial charge on any atom is -0.393 e. The Morgan fingerprint density at radius 3 is 2.53 bits per heavy atom. The van der Waals surface area contributed by atoms with Crippen molar-refractivity contribution >= 4 is 6.03 Å². The highest BCUT2D eigenvalue weighted by molar-refractivity contribution is 5.74. The van der Waals surface area contributed by atoms with Gasteiger partial charge in [-0.2, -0.15) is 0 Å². The molecule has 1 heterocycles. The van der Waals surface area contributed by atoms with Crippen molar-refractivity contribution in [1.82, 2.24) is 10.2 Å². The molecule has 0 aromatic rings. The molecule has 0 spiro atoms. The number of aliphatic hydroxyl groups excluding tert-OH is 1. The Labute approximate surface area is 115 Å². The van der Waals surface area contributed by atoms with Gasteiger partial charge in [-0.05, 0) is 44.9 Å². The van der Waals surface area contributed by atoms with Crippen molar-refractivity contribution in [3.8, 4) is 0 Å². The second-order valence-corrected chi connectivity index (χ2v) is 5.96. The van der Waals surface area contributed by atoms with Gasteiger partial charge < -0.3 is 20.1 Å². The average Bonchev–Trinajstić information content (AvgIpc) is 2.38. The molecule has 0 aromatic heterocycles. The second kappa shape index (κ2) is 6.09. The maximum Gasteiger partial charge on any atom is 0.317 e. The van der Waals surface area contributed by atoms with Crippen molar-refractivity contribution in [3.05, 3.63) is 0 Å². The van der Waals surface area contributed by atoms with Crippen LogP contribution in [0.2, 0.25) is 0 Å². The van der Waals surface area contributed by atoms with Crippen LogP contribution in [0.4, 0.5) is 4.79 Å². The summed E-state index contributed by atoms with van der Waals surface area (Å²) in [5, 5.41) is 12.5. The number of methoxy groups -OCH3 is 1. The third-order valence-corrected chi connectivity index (χ3v) is 4.77. The number of ether oxygens (including phenoxy) is 1. The van der Waals surface area contributed by atoms with E-state index in [9.17, 15) is 9.90 Å². The quantitative estimate of drug-likeness (QED) is 0.811. The van der Waals surface area contributed by atoms with Crippen LogP contribution in [0.3, 0.4) is 0 Å². The smallest absolute Gasteiger partial charge is 0.317 e. The Bertz CT molecular complexity index is 302. The first-order valence-electron chi connectivity index (χ1n) is 7.32. The first kappa shape index (κ1) is 14.6. The van der Waals surface area contributed by atoms with E-state index in [1.165, 1.54) is 6.42 Å². The fourth-order valence-electron chi connectivity index (χ4n) is 2.96. The van der Waals surface area contributed by atoms with Crippen molar-refractivity contribution in [2.45, 2.75) is 50.7 Å². The zero-order valence-corrected chi connectivity index (χ0v) is 12.0. The van der Waals surface area contributed by atoms with Crippen LogP contribution in [0.5, 0.6) is 0 Å². The summed E-state index contributed by atoms with van der Waals surface area (Å²) >= 11 is 0. The lowest BCUT2D eigenvalue weighted by atomic mass is 9.80. The van der Waals surface area contributed by atoms with Crippen LogP contribution in [0.15, 0.2) is 0 Å². The molecule has 5 nitrogen and oxygen atoms in total. The van der Waals surface area contributed by atoms with E-state index in [0.717, 1.165) is 38.8 Å². The molecule has 1 aliphatic carbocycles. The Hall–Kier alpha value is -0.810. The SMILES string of the molecule is COC1(CNC(=O)N2CCC(C(C)O)CC2)CCC1. The molecule has 0 aromatic carbocycles. The summed E-state index contributed by atoms with van der Waals surface area (Å²) < 4.78 is 5.49. The van der Waals surface area contributed by atoms with Crippen molar-refractivity contribution in [2.24, 2.45) is 5.92 Å². The van der Waals surface area contributed by atoms with Gasteiger partial charge in [-0.15, -0.1) is 0 Å². The number of rotatable bonds is 4. The summed E-state index contributed by atoms with van der Waals surface area (Å²) in [4.78, 5) is 13.9. The molecule has 2 rings (SSSR count). The number of urea groups is 1. The van der Waals surface area contributed by atoms with E-state index >= 15 is 0 Å². The number of likely N-dealkylation sites (tertiary alicyclic amines) is 1. The predicted octanol–water partition coefficient (Wildman–Crippen LogP) is 1.36. The maximum absolute atomic E-state index is 12.1. The number of aliphatic hydroxyl groups is 1. The molecule has 2 aliphatic rings. The molecule has 19 heavy (non-hydrogen) atoms. The molecule has 1 saturated carbocycles. The van der Waals surface area contributed by atoms with E-state index in [0.29, 0.717) is 12.5 Å². The standard InChI is InChI=1S/C14H26N2O3/c1-11(17)12-4-8-16(9-5-12)13(18)15-10-14(19-2)6-3-7-14/h11-12,17H,3-10H2,1-2H3,(H,15,18). The fraction of sp³-hybridized carbons (Fsp3) is 0.929. The Balaban J connectivity index is 1.72. The van der Waals surface area contributed by atoms with Gasteiger partial charge in [0.15, 0.2) is 0 Å². The Morgan fingerprint density at radius 2 is 2.11 bits per heavy atom. The van der Waals surface area contributed by atoms with E-state index in [2.05, 4.69) is 5.32 Å². The number of piperidine rings is 1. The summed E-state index contributed by atoms with van der Waals surface area (Å²) in [6.45, 7) is 3.92. The van der Waals surface area contributed by atoms with Gasteiger partial charge in [0, 0.05) is 26.7 Å². The number of nitrogens with zero attached hydrogens (tertiary/aromatic N) is 1. The summed E-state index contributed by atoms with van der Waals surface area (Å²) in [7, 11) is 1.72. The molecule has 5 heteroatoms. The molecular formula is C14H26N2O3. The minimum atomic E-state index is -0.267. The highest BCUT2D eigenvalue weighted by Gasteiger charge is 2.37. The predicted molar refractivity (Wildman–Crippen MR) is 73.0 cm³/mol. The highest BCUT2D eigenvalue weighted by atomic mass is 16.5. The van der Waals surface area contributed by atoms with Crippen molar-refractivity contribution in [3.63, 3.8) is 0 Å². The molecule has 1 aliphatic heterocycles. The maximum atomic E-state index is 12.1. The van der Waals surface area contributed by atoms with E-state index in [1.807, 2.05) is 11.8 Å². The number of amides is 2. The van der Waals surface area contributed by atoms with E-state index in [4.69, 9.17) is 4.74 Å². The zero-order chi connectivity index (χ0) is 13.9. The van der Waals surface area contributed by atoms with Crippen LogP contribution in [0, 0.1) is 5.92 Å². The van der Waals surface area contributed by atoms with Gasteiger partial charge in [-0.1, -0.05) is 0 Å². The Morgan fingerprint density at radius 1 is 1.47 bits per heavy atom. The number of carbonyl (C=O) groups is 1. The lowest BCUT2D eigenvalue weighted by Gasteiger charge is -2.41. The summed E-state index contributed by atoms with van der Waals surface area (Å²) in [5.41, 5.74) is -0.117. The van der Waals surface area contributed by atoms with Crippen LogP contribution in [0.25, 0.3) is 0 Å². The van der Waals surface area contributed by atoms with Gasteiger partial charge in [-0.25, -0.2) is 4.79 Å². The fourth-order valence-corrected chi connectivity index (χ4v) is 2.96. The normalized spacial score (nSPS) is 24.7. The highest BCUT2D eigenvalue weighted by Crippen LogP contribution is 2.34. The van der Waals surface area contributed by atoms with Crippen LogP contribution in [0.1, 0.15) is 39.0 Å². The van der Waals surface area contributed by atoms with Gasteiger partial charge in [0.1, 0.15) is 0 Å². The van der Waals surface area contributed by atoms with Crippen LogP contribution in [-0.4, -0.2) is 54.5 Å². The van der Waals surface area contributed by atoms with E-state index in [-0.39, 0.29) is 17.7 Å². The lowest BCUT2D eigenvalue weighted by molar-refractivity contribution is -0.0680. The van der Waals surface area contributed by atoms with Gasteiger partial charge in [0.05, 0.1) is 11.7 Å². The number of carbonyl (C=O) groups excluding carboxylic acids is 1. The molecule has 2 N–H and O–H groups in total. The molecule has 1 saturated heterocycles. The first-order chi connectivity index (χ1) is 9.06. The molecule has 0 radical (unpaired) electrons. The molecule has 1 unspecified atom stereocenters. The molecule has 1 atom stereocenters. The number of hydrogen-bond acceptors (Lipinski definition) is 3. The molecule has 2 fully saturated rings. The summed E-state index contributed by atoms with van der Waals surface area (Å²) in [6, 6.07) is 0.00682. The molecular weight excluding hydrogens is 244 g/mol. The molecule has 110 valence electrons. The Kier molecular flexibility index (Phi) is 4.68. The first-order valence-corrected chi connectivity index (χ1v) is 7.32. The summed E-state index contributed by atoms with van der Waals surface area (Å²) in [6.07, 6.45) is 4.77. The molecule has 2 amide bonds. The minimum absolute atomic E-state index is 0.00682. The average molecular weight is 270 g/mol. The zero-order valence-electron chi connectivity index (χ0n) is 12.0. The lowest BCUT2D eigenvalue weighted by Crippen LogP contribution is -2.53. The van der Waals surface area contributed by atoms with Crippen molar-refractivity contribution in [2.75, 3.05) is 26.7 Å². The summed E-state index contributed by atoms with van der Waals surface area (Å²) in [5.74, 6) is 0.334. The van der Waals surface area contributed by atoms with Crippen molar-refractivity contribution < 1.29 is 14.6 Å². The monoisotopic (exact) mass is 270 g/mol. The topological polar surface area (TPSA) is 61.8 Å². The van der Waals surface area contributed by atoms with Crippen molar-refractivity contribution in [1.29, 1.82) is 0 Å². The second-order valence-electron chi connectivity index (χ2n) is 5.96. The number of hydrogen-bond donors (Lipinski definition) is 2.